The molecule has 3 rings (SSSR count). The molecule has 4 nitrogen and oxygen atoms in total. The lowest BCUT2D eigenvalue weighted by Gasteiger charge is -2.07. The van der Waals surface area contributed by atoms with E-state index >= 15 is 0 Å². The minimum Gasteiger partial charge on any atom is -0.431 e. The van der Waals surface area contributed by atoms with Crippen LogP contribution >= 0.6 is 35.0 Å². The van der Waals surface area contributed by atoms with Gasteiger partial charge in [-0.3, -0.25) is 4.79 Å². The van der Waals surface area contributed by atoms with E-state index in [1.165, 1.54) is 11.8 Å². The van der Waals surface area contributed by atoms with Gasteiger partial charge in [-0.15, -0.1) is 0 Å². The fourth-order valence-electron chi connectivity index (χ4n) is 2.14. The van der Waals surface area contributed by atoms with E-state index in [9.17, 15) is 4.79 Å². The van der Waals surface area contributed by atoms with Crippen LogP contribution in [0.2, 0.25) is 10.0 Å². The number of thioether (sulfide) groups is 1. The maximum atomic E-state index is 12.1. The summed E-state index contributed by atoms with van der Waals surface area (Å²) in [5, 5.41) is 4.33. The van der Waals surface area contributed by atoms with Crippen molar-refractivity contribution in [2.75, 3.05) is 11.1 Å². The molecule has 0 radical (unpaired) electrons. The van der Waals surface area contributed by atoms with Crippen molar-refractivity contribution in [1.29, 1.82) is 0 Å². The Labute approximate surface area is 159 Å². The van der Waals surface area contributed by atoms with Crippen LogP contribution in [0.25, 0.3) is 11.3 Å². The van der Waals surface area contributed by atoms with Gasteiger partial charge >= 0.3 is 0 Å². The second kappa shape index (κ2) is 7.95. The van der Waals surface area contributed by atoms with Crippen LogP contribution in [0.3, 0.4) is 0 Å². The third-order valence-corrected chi connectivity index (χ3v) is 4.71. The van der Waals surface area contributed by atoms with Crippen LogP contribution in [0.1, 0.15) is 5.56 Å². The van der Waals surface area contributed by atoms with Gasteiger partial charge in [0.25, 0.3) is 5.22 Å². The number of carbonyl (C=O) groups is 1. The second-order valence-electron chi connectivity index (χ2n) is 5.32. The van der Waals surface area contributed by atoms with Gasteiger partial charge in [0, 0.05) is 10.6 Å². The number of benzene rings is 2. The summed E-state index contributed by atoms with van der Waals surface area (Å²) in [4.78, 5) is 16.2. The Bertz CT molecular complexity index is 912. The molecule has 0 aliphatic rings. The fourth-order valence-corrected chi connectivity index (χ4v) is 3.21. The average Bonchev–Trinajstić information content (AvgIpc) is 3.05. The summed E-state index contributed by atoms with van der Waals surface area (Å²) in [6, 6.07) is 12.8. The number of oxazole rings is 1. The standard InChI is InChI=1S/C18H14Cl2N2O2S/c1-11-5-6-15(14(20)7-11)22-17(23)10-25-18-21-9-16(24-18)12-3-2-4-13(19)8-12/h2-9H,10H2,1H3,(H,22,23). The maximum absolute atomic E-state index is 12.1. The Balaban J connectivity index is 1.59. The van der Waals surface area contributed by atoms with E-state index in [1.54, 1.807) is 30.5 Å². The first-order chi connectivity index (χ1) is 12.0. The van der Waals surface area contributed by atoms with Crippen molar-refractivity contribution in [3.63, 3.8) is 0 Å². The first kappa shape index (κ1) is 17.9. The number of aryl methyl sites for hydroxylation is 1. The minimum absolute atomic E-state index is 0.166. The van der Waals surface area contributed by atoms with Gasteiger partial charge in [-0.2, -0.15) is 0 Å². The Hall–Kier alpha value is -1.95. The van der Waals surface area contributed by atoms with E-state index in [0.29, 0.717) is 26.7 Å². The van der Waals surface area contributed by atoms with Gasteiger partial charge < -0.3 is 9.73 Å². The molecule has 128 valence electrons. The third-order valence-electron chi connectivity index (χ3n) is 3.32. The van der Waals surface area contributed by atoms with Crippen molar-refractivity contribution in [2.45, 2.75) is 12.1 Å². The molecule has 0 atom stereocenters. The smallest absolute Gasteiger partial charge is 0.256 e. The number of carbonyl (C=O) groups excluding carboxylic acids is 1. The number of aromatic nitrogens is 1. The molecule has 0 bridgehead atoms. The molecule has 2 aromatic carbocycles. The van der Waals surface area contributed by atoms with Crippen LogP contribution < -0.4 is 5.32 Å². The van der Waals surface area contributed by atoms with Crippen LogP contribution in [0.15, 0.2) is 58.3 Å². The zero-order valence-corrected chi connectivity index (χ0v) is 15.6. The zero-order chi connectivity index (χ0) is 17.8. The van der Waals surface area contributed by atoms with Crippen molar-refractivity contribution in [3.8, 4) is 11.3 Å². The van der Waals surface area contributed by atoms with Crippen LogP contribution in [-0.4, -0.2) is 16.6 Å². The van der Waals surface area contributed by atoms with Crippen molar-refractivity contribution in [1.82, 2.24) is 4.98 Å². The maximum Gasteiger partial charge on any atom is 0.256 e. The zero-order valence-electron chi connectivity index (χ0n) is 13.3. The second-order valence-corrected chi connectivity index (χ2v) is 7.09. The van der Waals surface area contributed by atoms with Gasteiger partial charge in [-0.25, -0.2) is 4.98 Å². The lowest BCUT2D eigenvalue weighted by Crippen LogP contribution is -2.14. The molecule has 0 saturated carbocycles. The number of hydrogen-bond acceptors (Lipinski definition) is 4. The molecule has 0 saturated heterocycles. The van der Waals surface area contributed by atoms with E-state index in [0.717, 1.165) is 11.1 Å². The van der Waals surface area contributed by atoms with Crippen LogP contribution in [-0.2, 0) is 4.79 Å². The highest BCUT2D eigenvalue weighted by Gasteiger charge is 2.11. The molecule has 1 heterocycles. The summed E-state index contributed by atoms with van der Waals surface area (Å²) < 4.78 is 5.65. The number of halogens is 2. The fraction of sp³-hybridized carbons (Fsp3) is 0.111. The minimum atomic E-state index is -0.182. The van der Waals surface area contributed by atoms with E-state index in [1.807, 2.05) is 25.1 Å². The van der Waals surface area contributed by atoms with Gasteiger partial charge in [-0.1, -0.05) is 53.2 Å². The Morgan fingerprint density at radius 2 is 2.08 bits per heavy atom. The van der Waals surface area contributed by atoms with Gasteiger partial charge in [0.2, 0.25) is 5.91 Å². The molecule has 1 N–H and O–H groups in total. The molecule has 1 amide bonds. The molecular formula is C18H14Cl2N2O2S. The number of nitrogens with one attached hydrogen (secondary N) is 1. The largest absolute Gasteiger partial charge is 0.431 e. The van der Waals surface area contributed by atoms with Crippen LogP contribution in [0.4, 0.5) is 5.69 Å². The molecule has 0 unspecified atom stereocenters. The highest BCUT2D eigenvalue weighted by atomic mass is 35.5. The lowest BCUT2D eigenvalue weighted by atomic mass is 10.2. The van der Waals surface area contributed by atoms with Crippen molar-refractivity contribution >= 4 is 46.6 Å². The predicted molar refractivity (Wildman–Crippen MR) is 102 cm³/mol. The van der Waals surface area contributed by atoms with E-state index < -0.39 is 0 Å². The Morgan fingerprint density at radius 3 is 2.84 bits per heavy atom. The highest BCUT2D eigenvalue weighted by Crippen LogP contribution is 2.28. The van der Waals surface area contributed by atoms with Crippen LogP contribution in [0, 0.1) is 6.92 Å². The Kier molecular flexibility index (Phi) is 5.68. The number of nitrogens with zero attached hydrogens (tertiary/aromatic N) is 1. The molecule has 25 heavy (non-hydrogen) atoms. The number of anilines is 1. The summed E-state index contributed by atoms with van der Waals surface area (Å²) in [6.45, 7) is 1.94. The lowest BCUT2D eigenvalue weighted by molar-refractivity contribution is -0.113. The quantitative estimate of drug-likeness (QED) is 0.566. The van der Waals surface area contributed by atoms with Crippen molar-refractivity contribution < 1.29 is 9.21 Å². The van der Waals surface area contributed by atoms with E-state index in [2.05, 4.69) is 10.3 Å². The highest BCUT2D eigenvalue weighted by molar-refractivity contribution is 7.99. The number of amides is 1. The van der Waals surface area contributed by atoms with Gasteiger partial charge in [0.05, 0.1) is 22.7 Å². The summed E-state index contributed by atoms with van der Waals surface area (Å²) >= 11 is 13.3. The Morgan fingerprint density at radius 1 is 1.24 bits per heavy atom. The molecule has 7 heteroatoms. The topological polar surface area (TPSA) is 55.1 Å². The average molecular weight is 393 g/mol. The SMILES string of the molecule is Cc1ccc(NC(=O)CSc2ncc(-c3cccc(Cl)c3)o2)c(Cl)c1. The summed E-state index contributed by atoms with van der Waals surface area (Å²) in [7, 11) is 0. The summed E-state index contributed by atoms with van der Waals surface area (Å²) in [5.41, 5.74) is 2.46. The molecular weight excluding hydrogens is 379 g/mol. The molecule has 0 spiro atoms. The third kappa shape index (κ3) is 4.78. The molecule has 3 aromatic rings. The van der Waals surface area contributed by atoms with Gasteiger partial charge in [0.15, 0.2) is 5.76 Å². The van der Waals surface area contributed by atoms with Gasteiger partial charge in [-0.05, 0) is 36.8 Å². The van der Waals surface area contributed by atoms with Crippen molar-refractivity contribution in [3.05, 3.63) is 64.3 Å². The van der Waals surface area contributed by atoms with E-state index in [-0.39, 0.29) is 11.7 Å². The molecule has 0 fully saturated rings. The number of rotatable bonds is 5. The monoisotopic (exact) mass is 392 g/mol. The van der Waals surface area contributed by atoms with Gasteiger partial charge in [0.1, 0.15) is 0 Å². The predicted octanol–water partition coefficient (Wildman–Crippen LogP) is 5.69. The molecule has 0 aliphatic heterocycles. The number of hydrogen-bond donors (Lipinski definition) is 1. The summed E-state index contributed by atoms with van der Waals surface area (Å²) in [6.07, 6.45) is 1.61. The first-order valence-corrected chi connectivity index (χ1v) is 9.16. The first-order valence-electron chi connectivity index (χ1n) is 7.42. The van der Waals surface area contributed by atoms with Crippen molar-refractivity contribution in [2.24, 2.45) is 0 Å². The molecule has 0 aliphatic carbocycles. The van der Waals surface area contributed by atoms with Crippen LogP contribution in [0.5, 0.6) is 0 Å². The normalized spacial score (nSPS) is 10.7. The summed E-state index contributed by atoms with van der Waals surface area (Å²) in [5.74, 6) is 0.588. The van der Waals surface area contributed by atoms with E-state index in [4.69, 9.17) is 27.6 Å². The molecule has 1 aromatic heterocycles.